The van der Waals surface area contributed by atoms with Crippen LogP contribution in [0.2, 0.25) is 0 Å². The Morgan fingerprint density at radius 3 is 2.81 bits per heavy atom. The summed E-state index contributed by atoms with van der Waals surface area (Å²) in [6.45, 7) is 3.03. The molecule has 2 aromatic carbocycles. The Morgan fingerprint density at radius 2 is 1.97 bits per heavy atom. The molecule has 0 bridgehead atoms. The maximum absolute atomic E-state index is 12.5. The molecule has 1 N–H and O–H groups in total. The van der Waals surface area contributed by atoms with Gasteiger partial charge in [-0.2, -0.15) is 0 Å². The Labute approximate surface area is 179 Å². The number of benzene rings is 2. The van der Waals surface area contributed by atoms with E-state index < -0.39 is 0 Å². The van der Waals surface area contributed by atoms with Crippen LogP contribution in [0.15, 0.2) is 67.0 Å². The highest BCUT2D eigenvalue weighted by Gasteiger charge is 2.14. The Bertz CT molecular complexity index is 1250. The lowest BCUT2D eigenvalue weighted by Gasteiger charge is -2.08. The van der Waals surface area contributed by atoms with E-state index in [0.29, 0.717) is 30.2 Å². The lowest BCUT2D eigenvalue weighted by Crippen LogP contribution is -2.22. The van der Waals surface area contributed by atoms with Crippen LogP contribution in [-0.4, -0.2) is 22.1 Å². The van der Waals surface area contributed by atoms with E-state index in [4.69, 9.17) is 14.2 Å². The molecular formula is C24H21N3O4. The van der Waals surface area contributed by atoms with Gasteiger partial charge in [0.2, 0.25) is 6.79 Å². The maximum atomic E-state index is 12.5. The number of hydrogen-bond donors (Lipinski definition) is 1. The largest absolute Gasteiger partial charge is 0.487 e. The van der Waals surface area contributed by atoms with Crippen molar-refractivity contribution in [1.82, 2.24) is 14.7 Å². The highest BCUT2D eigenvalue weighted by atomic mass is 16.7. The van der Waals surface area contributed by atoms with Gasteiger partial charge in [-0.3, -0.25) is 4.79 Å². The van der Waals surface area contributed by atoms with E-state index in [1.54, 1.807) is 24.3 Å². The number of rotatable bonds is 6. The number of carbonyl (C=O) groups is 1. The number of aryl methyl sites for hydroxylation is 1. The third-order valence-corrected chi connectivity index (χ3v) is 5.12. The van der Waals surface area contributed by atoms with Gasteiger partial charge in [-0.25, -0.2) is 4.98 Å². The van der Waals surface area contributed by atoms with Gasteiger partial charge < -0.3 is 23.9 Å². The SMILES string of the molecule is Cc1cccn2cc(COc3ccc(C(=O)NCc4ccc5c(c4)OCO5)cc3)nc12. The summed E-state index contributed by atoms with van der Waals surface area (Å²) in [6, 6.07) is 16.7. The molecule has 7 heteroatoms. The highest BCUT2D eigenvalue weighted by molar-refractivity contribution is 5.94. The van der Waals surface area contributed by atoms with Crippen LogP contribution in [-0.2, 0) is 13.2 Å². The Hall–Kier alpha value is -4.00. The van der Waals surface area contributed by atoms with Crippen molar-refractivity contribution in [3.63, 3.8) is 0 Å². The predicted octanol–water partition coefficient (Wildman–Crippen LogP) is 3.88. The Morgan fingerprint density at radius 1 is 1.13 bits per heavy atom. The molecule has 0 saturated heterocycles. The zero-order valence-corrected chi connectivity index (χ0v) is 17.0. The second-order valence-electron chi connectivity index (χ2n) is 7.34. The number of aromatic nitrogens is 2. The van der Waals surface area contributed by atoms with Gasteiger partial charge in [0.05, 0.1) is 5.69 Å². The van der Waals surface area contributed by atoms with Gasteiger partial charge >= 0.3 is 0 Å². The molecule has 1 aliphatic rings. The number of hydrogen-bond acceptors (Lipinski definition) is 5. The quantitative estimate of drug-likeness (QED) is 0.517. The molecule has 156 valence electrons. The van der Waals surface area contributed by atoms with Gasteiger partial charge in [-0.05, 0) is 60.5 Å². The Kier molecular flexibility index (Phi) is 4.92. The summed E-state index contributed by atoms with van der Waals surface area (Å²) in [5.74, 6) is 1.96. The van der Waals surface area contributed by atoms with Crippen LogP contribution in [0.3, 0.4) is 0 Å². The van der Waals surface area contributed by atoms with Crippen LogP contribution in [0.25, 0.3) is 5.65 Å². The molecule has 2 aromatic heterocycles. The number of ether oxygens (including phenoxy) is 3. The predicted molar refractivity (Wildman–Crippen MR) is 114 cm³/mol. The van der Waals surface area contributed by atoms with E-state index >= 15 is 0 Å². The lowest BCUT2D eigenvalue weighted by molar-refractivity contribution is 0.0950. The topological polar surface area (TPSA) is 74.1 Å². The summed E-state index contributed by atoms with van der Waals surface area (Å²) in [7, 11) is 0. The average molecular weight is 415 g/mol. The molecule has 31 heavy (non-hydrogen) atoms. The first-order valence-corrected chi connectivity index (χ1v) is 9.98. The molecule has 5 rings (SSSR count). The zero-order chi connectivity index (χ0) is 21.2. The molecule has 0 fully saturated rings. The van der Waals surface area contributed by atoms with Crippen molar-refractivity contribution in [2.24, 2.45) is 0 Å². The standard InChI is InChI=1S/C24H21N3O4/c1-16-3-2-10-27-13-19(26-23(16)27)14-29-20-7-5-18(6-8-20)24(28)25-12-17-4-9-21-22(11-17)31-15-30-21/h2-11,13H,12,14-15H2,1H3,(H,25,28). The minimum Gasteiger partial charge on any atom is -0.487 e. The summed E-state index contributed by atoms with van der Waals surface area (Å²) in [5, 5.41) is 2.92. The van der Waals surface area contributed by atoms with Gasteiger partial charge in [0.15, 0.2) is 11.5 Å². The monoisotopic (exact) mass is 415 g/mol. The van der Waals surface area contributed by atoms with E-state index in [2.05, 4.69) is 10.3 Å². The molecule has 0 saturated carbocycles. The third kappa shape index (κ3) is 4.02. The van der Waals surface area contributed by atoms with Crippen molar-refractivity contribution >= 4 is 11.6 Å². The molecule has 4 aromatic rings. The van der Waals surface area contributed by atoms with E-state index in [1.807, 2.05) is 54.0 Å². The minimum atomic E-state index is -0.153. The molecular weight excluding hydrogens is 394 g/mol. The first kappa shape index (κ1) is 19.0. The zero-order valence-electron chi connectivity index (χ0n) is 17.0. The Balaban J connectivity index is 1.17. The van der Waals surface area contributed by atoms with Gasteiger partial charge in [0.1, 0.15) is 18.0 Å². The van der Waals surface area contributed by atoms with Crippen LogP contribution in [0.5, 0.6) is 17.2 Å². The van der Waals surface area contributed by atoms with Gasteiger partial charge in [0.25, 0.3) is 5.91 Å². The van der Waals surface area contributed by atoms with Crippen molar-refractivity contribution in [3.05, 3.63) is 89.4 Å². The average Bonchev–Trinajstić information content (AvgIpc) is 3.43. The highest BCUT2D eigenvalue weighted by Crippen LogP contribution is 2.32. The van der Waals surface area contributed by atoms with Crippen molar-refractivity contribution in [2.75, 3.05) is 6.79 Å². The van der Waals surface area contributed by atoms with Crippen LogP contribution >= 0.6 is 0 Å². The third-order valence-electron chi connectivity index (χ3n) is 5.12. The number of fused-ring (bicyclic) bond motifs is 2. The van der Waals surface area contributed by atoms with Gasteiger partial charge in [0, 0.05) is 24.5 Å². The molecule has 7 nitrogen and oxygen atoms in total. The maximum Gasteiger partial charge on any atom is 0.251 e. The van der Waals surface area contributed by atoms with E-state index in [1.165, 1.54) is 0 Å². The molecule has 1 amide bonds. The first-order chi connectivity index (χ1) is 15.2. The summed E-state index contributed by atoms with van der Waals surface area (Å²) in [6.07, 6.45) is 3.93. The van der Waals surface area contributed by atoms with Crippen LogP contribution in [0.4, 0.5) is 0 Å². The van der Waals surface area contributed by atoms with Crippen LogP contribution in [0.1, 0.15) is 27.2 Å². The summed E-state index contributed by atoms with van der Waals surface area (Å²) >= 11 is 0. The van der Waals surface area contributed by atoms with E-state index in [0.717, 1.165) is 28.2 Å². The van der Waals surface area contributed by atoms with E-state index in [-0.39, 0.29) is 12.7 Å². The summed E-state index contributed by atoms with van der Waals surface area (Å²) in [5.41, 5.74) is 4.40. The first-order valence-electron chi connectivity index (χ1n) is 9.98. The lowest BCUT2D eigenvalue weighted by atomic mass is 10.1. The summed E-state index contributed by atoms with van der Waals surface area (Å²) < 4.78 is 18.5. The number of carbonyl (C=O) groups excluding carboxylic acids is 1. The number of imidazole rings is 1. The molecule has 3 heterocycles. The second-order valence-corrected chi connectivity index (χ2v) is 7.34. The normalized spacial score (nSPS) is 12.2. The molecule has 0 unspecified atom stereocenters. The number of nitrogens with zero attached hydrogens (tertiary/aromatic N) is 2. The fourth-order valence-corrected chi connectivity index (χ4v) is 3.47. The van der Waals surface area contributed by atoms with Crippen molar-refractivity contribution in [3.8, 4) is 17.2 Å². The van der Waals surface area contributed by atoms with Crippen LogP contribution in [0, 0.1) is 6.92 Å². The molecule has 0 aliphatic carbocycles. The fraction of sp³-hybridized carbons (Fsp3) is 0.167. The molecule has 0 radical (unpaired) electrons. The van der Waals surface area contributed by atoms with Crippen molar-refractivity contribution < 1.29 is 19.0 Å². The smallest absolute Gasteiger partial charge is 0.251 e. The van der Waals surface area contributed by atoms with Crippen LogP contribution < -0.4 is 19.5 Å². The number of amides is 1. The molecule has 0 atom stereocenters. The molecule has 0 spiro atoms. The fourth-order valence-electron chi connectivity index (χ4n) is 3.47. The molecule has 1 aliphatic heterocycles. The second kappa shape index (κ2) is 8.02. The van der Waals surface area contributed by atoms with E-state index in [9.17, 15) is 4.79 Å². The van der Waals surface area contributed by atoms with Crippen molar-refractivity contribution in [2.45, 2.75) is 20.1 Å². The van der Waals surface area contributed by atoms with Gasteiger partial charge in [-0.15, -0.1) is 0 Å². The minimum absolute atomic E-state index is 0.153. The summed E-state index contributed by atoms with van der Waals surface area (Å²) in [4.78, 5) is 17.1. The number of pyridine rings is 1. The van der Waals surface area contributed by atoms with Gasteiger partial charge in [-0.1, -0.05) is 12.1 Å². The number of nitrogens with one attached hydrogen (secondary N) is 1. The van der Waals surface area contributed by atoms with Crippen molar-refractivity contribution in [1.29, 1.82) is 0 Å².